The predicted molar refractivity (Wildman–Crippen MR) is 68.7 cm³/mol. The molecule has 1 aromatic heterocycles. The number of halogens is 1. The molecular weight excluding hydrogens is 284 g/mol. The summed E-state index contributed by atoms with van der Waals surface area (Å²) in [6, 6.07) is 0. The SMILES string of the molecule is Cc1nn(C)c(COC2CCC(O)CC2)c1Br. The first kappa shape index (κ1) is 13.1. The fraction of sp³-hybridized carbons (Fsp3) is 0.750. The van der Waals surface area contributed by atoms with Gasteiger partial charge in [-0.2, -0.15) is 5.10 Å². The second-order valence-corrected chi connectivity index (χ2v) is 5.50. The topological polar surface area (TPSA) is 47.3 Å². The van der Waals surface area contributed by atoms with E-state index in [0.717, 1.165) is 41.5 Å². The first-order chi connectivity index (χ1) is 8.08. The predicted octanol–water partition coefficient (Wildman–Crippen LogP) is 2.31. The van der Waals surface area contributed by atoms with Gasteiger partial charge in [-0.1, -0.05) is 0 Å². The van der Waals surface area contributed by atoms with E-state index in [4.69, 9.17) is 4.74 Å². The van der Waals surface area contributed by atoms with E-state index in [1.165, 1.54) is 0 Å². The number of rotatable bonds is 3. The quantitative estimate of drug-likeness (QED) is 0.932. The van der Waals surface area contributed by atoms with Crippen molar-refractivity contribution in [1.82, 2.24) is 9.78 Å². The Kier molecular flexibility index (Phi) is 4.22. The van der Waals surface area contributed by atoms with Crippen molar-refractivity contribution in [1.29, 1.82) is 0 Å². The van der Waals surface area contributed by atoms with E-state index < -0.39 is 0 Å². The van der Waals surface area contributed by atoms with Crippen LogP contribution in [0.3, 0.4) is 0 Å². The van der Waals surface area contributed by atoms with Gasteiger partial charge in [0, 0.05) is 7.05 Å². The summed E-state index contributed by atoms with van der Waals surface area (Å²) in [4.78, 5) is 0. The summed E-state index contributed by atoms with van der Waals surface area (Å²) in [6.07, 6.45) is 3.78. The van der Waals surface area contributed by atoms with Crippen molar-refractivity contribution in [2.24, 2.45) is 7.05 Å². The maximum atomic E-state index is 9.43. The van der Waals surface area contributed by atoms with Crippen molar-refractivity contribution in [3.8, 4) is 0 Å². The Balaban J connectivity index is 1.89. The van der Waals surface area contributed by atoms with Crippen LogP contribution in [0.1, 0.15) is 37.1 Å². The van der Waals surface area contributed by atoms with Crippen LogP contribution in [0.25, 0.3) is 0 Å². The number of aliphatic hydroxyl groups excluding tert-OH is 1. The van der Waals surface area contributed by atoms with E-state index >= 15 is 0 Å². The second-order valence-electron chi connectivity index (χ2n) is 4.71. The highest BCUT2D eigenvalue weighted by Gasteiger charge is 2.21. The fourth-order valence-corrected chi connectivity index (χ4v) is 2.70. The molecule has 0 aromatic carbocycles. The lowest BCUT2D eigenvalue weighted by Gasteiger charge is -2.25. The molecule has 1 aromatic rings. The molecule has 2 rings (SSSR count). The van der Waals surface area contributed by atoms with Crippen LogP contribution >= 0.6 is 15.9 Å². The highest BCUT2D eigenvalue weighted by molar-refractivity contribution is 9.10. The molecule has 0 saturated heterocycles. The van der Waals surface area contributed by atoms with Crippen molar-refractivity contribution in [3.63, 3.8) is 0 Å². The Bertz CT molecular complexity index is 384. The average molecular weight is 303 g/mol. The molecule has 1 aliphatic carbocycles. The molecule has 0 atom stereocenters. The Labute approximate surface area is 110 Å². The summed E-state index contributed by atoms with van der Waals surface area (Å²) >= 11 is 3.53. The Morgan fingerprint density at radius 1 is 1.41 bits per heavy atom. The van der Waals surface area contributed by atoms with Gasteiger partial charge in [0.1, 0.15) is 0 Å². The lowest BCUT2D eigenvalue weighted by Crippen LogP contribution is -2.24. The first-order valence-corrected chi connectivity index (χ1v) is 6.85. The van der Waals surface area contributed by atoms with Gasteiger partial charge < -0.3 is 9.84 Å². The molecule has 0 aliphatic heterocycles. The molecule has 0 unspecified atom stereocenters. The monoisotopic (exact) mass is 302 g/mol. The van der Waals surface area contributed by atoms with Gasteiger partial charge in [-0.15, -0.1) is 0 Å². The van der Waals surface area contributed by atoms with Gasteiger partial charge in [0.15, 0.2) is 0 Å². The second kappa shape index (κ2) is 5.50. The number of ether oxygens (including phenoxy) is 1. The van der Waals surface area contributed by atoms with Crippen LogP contribution in [-0.2, 0) is 18.4 Å². The molecule has 1 heterocycles. The van der Waals surface area contributed by atoms with Crippen LogP contribution < -0.4 is 0 Å². The molecule has 1 saturated carbocycles. The lowest BCUT2D eigenvalue weighted by molar-refractivity contribution is -0.0141. The van der Waals surface area contributed by atoms with Crippen LogP contribution in [0.2, 0.25) is 0 Å². The maximum Gasteiger partial charge on any atom is 0.0900 e. The van der Waals surface area contributed by atoms with Crippen LogP contribution in [0.4, 0.5) is 0 Å². The first-order valence-electron chi connectivity index (χ1n) is 6.05. The maximum absolute atomic E-state index is 9.43. The zero-order valence-electron chi connectivity index (χ0n) is 10.3. The Hall–Kier alpha value is -0.390. The van der Waals surface area contributed by atoms with Gasteiger partial charge >= 0.3 is 0 Å². The number of nitrogens with zero attached hydrogens (tertiary/aromatic N) is 2. The van der Waals surface area contributed by atoms with Crippen molar-refractivity contribution >= 4 is 15.9 Å². The molecule has 1 aliphatic rings. The highest BCUT2D eigenvalue weighted by atomic mass is 79.9. The highest BCUT2D eigenvalue weighted by Crippen LogP contribution is 2.25. The zero-order chi connectivity index (χ0) is 12.4. The molecular formula is C12H19BrN2O2. The molecule has 0 spiro atoms. The van der Waals surface area contributed by atoms with E-state index in [9.17, 15) is 5.11 Å². The van der Waals surface area contributed by atoms with Crippen LogP contribution in [0.5, 0.6) is 0 Å². The standard InChI is InChI=1S/C12H19BrN2O2/c1-8-12(13)11(15(2)14-8)7-17-10-5-3-9(16)4-6-10/h9-10,16H,3-7H2,1-2H3. The molecule has 1 N–H and O–H groups in total. The van der Waals surface area contributed by atoms with E-state index in [1.807, 2.05) is 18.7 Å². The summed E-state index contributed by atoms with van der Waals surface area (Å²) in [5.41, 5.74) is 2.07. The largest absolute Gasteiger partial charge is 0.393 e. The Morgan fingerprint density at radius 2 is 2.06 bits per heavy atom. The van der Waals surface area contributed by atoms with Gasteiger partial charge in [0.2, 0.25) is 0 Å². The number of hydrogen-bond acceptors (Lipinski definition) is 3. The van der Waals surface area contributed by atoms with E-state index in [0.29, 0.717) is 6.61 Å². The summed E-state index contributed by atoms with van der Waals surface area (Å²) < 4.78 is 8.79. The smallest absolute Gasteiger partial charge is 0.0900 e. The summed E-state index contributed by atoms with van der Waals surface area (Å²) in [7, 11) is 1.93. The van der Waals surface area contributed by atoms with E-state index in [1.54, 1.807) is 0 Å². The van der Waals surface area contributed by atoms with Gasteiger partial charge in [-0.25, -0.2) is 0 Å². The molecule has 5 heteroatoms. The number of aryl methyl sites for hydroxylation is 2. The van der Waals surface area contributed by atoms with Crippen molar-refractivity contribution in [2.75, 3.05) is 0 Å². The van der Waals surface area contributed by atoms with Gasteiger partial charge in [-0.3, -0.25) is 4.68 Å². The van der Waals surface area contributed by atoms with Gasteiger partial charge in [0.25, 0.3) is 0 Å². The summed E-state index contributed by atoms with van der Waals surface area (Å²) in [5.74, 6) is 0. The molecule has 4 nitrogen and oxygen atoms in total. The van der Waals surface area contributed by atoms with Crippen LogP contribution in [0, 0.1) is 6.92 Å². The van der Waals surface area contributed by atoms with Crippen molar-refractivity contribution in [2.45, 2.75) is 51.4 Å². The molecule has 1 fully saturated rings. The third kappa shape index (κ3) is 3.09. The third-order valence-electron chi connectivity index (χ3n) is 3.36. The average Bonchev–Trinajstić information content (AvgIpc) is 2.54. The van der Waals surface area contributed by atoms with Crippen LogP contribution in [-0.4, -0.2) is 27.1 Å². The molecule has 0 radical (unpaired) electrons. The Morgan fingerprint density at radius 3 is 2.59 bits per heavy atom. The molecule has 17 heavy (non-hydrogen) atoms. The lowest BCUT2D eigenvalue weighted by atomic mass is 9.95. The fourth-order valence-electron chi connectivity index (χ4n) is 2.25. The number of hydrogen-bond donors (Lipinski definition) is 1. The van der Waals surface area contributed by atoms with Crippen molar-refractivity contribution in [3.05, 3.63) is 15.9 Å². The zero-order valence-corrected chi connectivity index (χ0v) is 11.9. The minimum atomic E-state index is -0.125. The van der Waals surface area contributed by atoms with Gasteiger partial charge in [0.05, 0.1) is 34.7 Å². The van der Waals surface area contributed by atoms with Gasteiger partial charge in [-0.05, 0) is 48.5 Å². The molecule has 0 bridgehead atoms. The van der Waals surface area contributed by atoms with Crippen molar-refractivity contribution < 1.29 is 9.84 Å². The van der Waals surface area contributed by atoms with E-state index in [-0.39, 0.29) is 12.2 Å². The van der Waals surface area contributed by atoms with Crippen LogP contribution in [0.15, 0.2) is 4.47 Å². The third-order valence-corrected chi connectivity index (χ3v) is 4.39. The number of aliphatic hydroxyl groups is 1. The minimum absolute atomic E-state index is 0.125. The number of aromatic nitrogens is 2. The summed E-state index contributed by atoms with van der Waals surface area (Å²) in [6.45, 7) is 2.56. The molecule has 0 amide bonds. The van der Waals surface area contributed by atoms with E-state index in [2.05, 4.69) is 21.0 Å². The normalized spacial score (nSPS) is 25.2. The summed E-state index contributed by atoms with van der Waals surface area (Å²) in [5, 5.41) is 13.8. The molecule has 96 valence electrons. The minimum Gasteiger partial charge on any atom is -0.393 e.